The third-order valence-electron chi connectivity index (χ3n) is 3.08. The van der Waals surface area contributed by atoms with E-state index in [9.17, 15) is 0 Å². The fraction of sp³-hybridized carbons (Fsp3) is 0.700. The minimum atomic E-state index is 0.252. The van der Waals surface area contributed by atoms with Gasteiger partial charge >= 0.3 is 0 Å². The molecule has 1 aromatic heterocycles. The number of aryl methyl sites for hydroxylation is 1. The van der Waals surface area contributed by atoms with Crippen molar-refractivity contribution in [3.8, 4) is 0 Å². The first-order chi connectivity index (χ1) is 6.74. The van der Waals surface area contributed by atoms with E-state index in [1.165, 1.54) is 5.69 Å². The van der Waals surface area contributed by atoms with Crippen LogP contribution < -0.4 is 5.73 Å². The normalized spacial score (nSPS) is 28.5. The van der Waals surface area contributed by atoms with Gasteiger partial charge in [0, 0.05) is 25.3 Å². The van der Waals surface area contributed by atoms with E-state index in [-0.39, 0.29) is 6.04 Å². The van der Waals surface area contributed by atoms with Crippen LogP contribution in [0.2, 0.25) is 0 Å². The molecule has 2 heterocycles. The molecule has 1 aliphatic rings. The summed E-state index contributed by atoms with van der Waals surface area (Å²) in [6.07, 6.45) is 4.90. The number of likely N-dealkylation sites (tertiary alicyclic amines) is 1. The molecule has 0 radical (unpaired) electrons. The number of rotatable bonds is 2. The number of nitrogens with zero attached hydrogens (tertiary/aromatic N) is 3. The molecule has 2 atom stereocenters. The van der Waals surface area contributed by atoms with Crippen LogP contribution in [0.5, 0.6) is 0 Å². The van der Waals surface area contributed by atoms with Gasteiger partial charge in [-0.15, -0.1) is 0 Å². The second kappa shape index (κ2) is 3.71. The standard InChI is InChI=1S/C10H18N4/c1-3-14-7-12-6-9(14)10-8(11)4-5-13(10)2/h6-8,10H,3-5,11H2,1-2H3. The van der Waals surface area contributed by atoms with Gasteiger partial charge in [0.05, 0.1) is 18.1 Å². The molecule has 1 aromatic rings. The molecule has 0 saturated carbocycles. The van der Waals surface area contributed by atoms with Crippen molar-refractivity contribution in [3.63, 3.8) is 0 Å². The topological polar surface area (TPSA) is 47.1 Å². The monoisotopic (exact) mass is 194 g/mol. The largest absolute Gasteiger partial charge is 0.333 e. The SMILES string of the molecule is CCn1cncc1C1C(N)CCN1C. The summed E-state index contributed by atoms with van der Waals surface area (Å²) >= 11 is 0. The summed E-state index contributed by atoms with van der Waals surface area (Å²) in [5, 5.41) is 0. The third-order valence-corrected chi connectivity index (χ3v) is 3.08. The lowest BCUT2D eigenvalue weighted by atomic mass is 10.1. The molecule has 14 heavy (non-hydrogen) atoms. The van der Waals surface area contributed by atoms with E-state index in [1.54, 1.807) is 0 Å². The summed E-state index contributed by atoms with van der Waals surface area (Å²) in [5.41, 5.74) is 7.35. The Labute approximate surface area is 84.7 Å². The minimum absolute atomic E-state index is 0.252. The first-order valence-corrected chi connectivity index (χ1v) is 5.20. The van der Waals surface area contributed by atoms with Crippen molar-refractivity contribution in [2.24, 2.45) is 5.73 Å². The molecule has 78 valence electrons. The Balaban J connectivity index is 2.29. The molecule has 0 spiro atoms. The van der Waals surface area contributed by atoms with Crippen molar-refractivity contribution in [1.29, 1.82) is 0 Å². The van der Waals surface area contributed by atoms with E-state index >= 15 is 0 Å². The van der Waals surface area contributed by atoms with Crippen molar-refractivity contribution >= 4 is 0 Å². The first-order valence-electron chi connectivity index (χ1n) is 5.20. The molecule has 0 bridgehead atoms. The zero-order valence-electron chi connectivity index (χ0n) is 8.85. The summed E-state index contributed by atoms with van der Waals surface area (Å²) in [4.78, 5) is 6.50. The van der Waals surface area contributed by atoms with E-state index in [0.717, 1.165) is 19.5 Å². The fourth-order valence-corrected chi connectivity index (χ4v) is 2.26. The number of hydrogen-bond acceptors (Lipinski definition) is 3. The van der Waals surface area contributed by atoms with Gasteiger partial charge in [-0.1, -0.05) is 0 Å². The highest BCUT2D eigenvalue weighted by Crippen LogP contribution is 2.29. The van der Waals surface area contributed by atoms with Crippen LogP contribution in [0.4, 0.5) is 0 Å². The van der Waals surface area contributed by atoms with E-state index < -0.39 is 0 Å². The lowest BCUT2D eigenvalue weighted by Gasteiger charge is -2.23. The average molecular weight is 194 g/mol. The first kappa shape index (κ1) is 9.68. The van der Waals surface area contributed by atoms with Crippen LogP contribution in [0.1, 0.15) is 25.1 Å². The zero-order chi connectivity index (χ0) is 10.1. The summed E-state index contributed by atoms with van der Waals surface area (Å²) in [6, 6.07) is 0.597. The van der Waals surface area contributed by atoms with Gasteiger partial charge in [0.2, 0.25) is 0 Å². The van der Waals surface area contributed by atoms with E-state index in [0.29, 0.717) is 6.04 Å². The number of likely N-dealkylation sites (N-methyl/N-ethyl adjacent to an activating group) is 1. The van der Waals surface area contributed by atoms with Gasteiger partial charge in [-0.2, -0.15) is 0 Å². The maximum atomic E-state index is 6.10. The van der Waals surface area contributed by atoms with Crippen LogP contribution >= 0.6 is 0 Å². The van der Waals surface area contributed by atoms with Crippen LogP contribution in [0.15, 0.2) is 12.5 Å². The molecular weight excluding hydrogens is 176 g/mol. The molecule has 2 rings (SSSR count). The number of nitrogens with two attached hydrogens (primary N) is 1. The predicted molar refractivity (Wildman–Crippen MR) is 55.9 cm³/mol. The van der Waals surface area contributed by atoms with Crippen molar-refractivity contribution in [2.45, 2.75) is 32.0 Å². The molecule has 2 unspecified atom stereocenters. The Morgan fingerprint density at radius 1 is 1.64 bits per heavy atom. The van der Waals surface area contributed by atoms with Crippen LogP contribution in [-0.2, 0) is 6.54 Å². The maximum Gasteiger partial charge on any atom is 0.0948 e. The molecule has 2 N–H and O–H groups in total. The lowest BCUT2D eigenvalue weighted by Crippen LogP contribution is -2.31. The highest BCUT2D eigenvalue weighted by Gasteiger charge is 2.32. The van der Waals surface area contributed by atoms with E-state index in [1.807, 2.05) is 12.5 Å². The van der Waals surface area contributed by atoms with Crippen molar-refractivity contribution < 1.29 is 0 Å². The molecule has 0 aromatic carbocycles. The van der Waals surface area contributed by atoms with Gasteiger partial charge in [0.25, 0.3) is 0 Å². The second-order valence-electron chi connectivity index (χ2n) is 3.98. The molecule has 1 fully saturated rings. The molecule has 1 aliphatic heterocycles. The summed E-state index contributed by atoms with van der Waals surface area (Å²) in [6.45, 7) is 4.18. The molecule has 0 aliphatic carbocycles. The number of imidazole rings is 1. The maximum absolute atomic E-state index is 6.10. The smallest absolute Gasteiger partial charge is 0.0948 e. The van der Waals surface area contributed by atoms with Gasteiger partial charge in [-0.25, -0.2) is 4.98 Å². The summed E-state index contributed by atoms with van der Waals surface area (Å²) in [5.74, 6) is 0. The molecule has 0 amide bonds. The Morgan fingerprint density at radius 3 is 3.00 bits per heavy atom. The Hall–Kier alpha value is -0.870. The fourth-order valence-electron chi connectivity index (χ4n) is 2.26. The van der Waals surface area contributed by atoms with Crippen molar-refractivity contribution in [2.75, 3.05) is 13.6 Å². The molecule has 4 nitrogen and oxygen atoms in total. The van der Waals surface area contributed by atoms with Gasteiger partial charge in [0.1, 0.15) is 0 Å². The molecule has 1 saturated heterocycles. The van der Waals surface area contributed by atoms with Crippen molar-refractivity contribution in [3.05, 3.63) is 18.2 Å². The van der Waals surface area contributed by atoms with Crippen LogP contribution in [0.25, 0.3) is 0 Å². The Kier molecular flexibility index (Phi) is 2.56. The quantitative estimate of drug-likeness (QED) is 0.750. The van der Waals surface area contributed by atoms with Crippen LogP contribution in [0.3, 0.4) is 0 Å². The zero-order valence-corrected chi connectivity index (χ0v) is 8.85. The summed E-state index contributed by atoms with van der Waals surface area (Å²) < 4.78 is 2.17. The van der Waals surface area contributed by atoms with Crippen LogP contribution in [-0.4, -0.2) is 34.1 Å². The number of aromatic nitrogens is 2. The van der Waals surface area contributed by atoms with E-state index in [2.05, 4.69) is 28.4 Å². The van der Waals surface area contributed by atoms with E-state index in [4.69, 9.17) is 5.73 Å². The molecule has 4 heteroatoms. The van der Waals surface area contributed by atoms with Gasteiger partial charge in [-0.05, 0) is 20.4 Å². The average Bonchev–Trinajstić information content (AvgIpc) is 2.73. The Bertz CT molecular complexity index is 297. The molecular formula is C10H18N4. The number of hydrogen-bond donors (Lipinski definition) is 1. The third kappa shape index (κ3) is 1.44. The van der Waals surface area contributed by atoms with Gasteiger partial charge in [0.15, 0.2) is 0 Å². The van der Waals surface area contributed by atoms with Crippen LogP contribution in [0, 0.1) is 0 Å². The highest BCUT2D eigenvalue weighted by molar-refractivity contribution is 5.11. The van der Waals surface area contributed by atoms with Gasteiger partial charge < -0.3 is 10.3 Å². The second-order valence-corrected chi connectivity index (χ2v) is 3.98. The lowest BCUT2D eigenvalue weighted by molar-refractivity contribution is 0.291. The minimum Gasteiger partial charge on any atom is -0.333 e. The Morgan fingerprint density at radius 2 is 2.43 bits per heavy atom. The van der Waals surface area contributed by atoms with Crippen molar-refractivity contribution in [1.82, 2.24) is 14.5 Å². The van der Waals surface area contributed by atoms with Gasteiger partial charge in [-0.3, -0.25) is 4.90 Å². The summed E-state index contributed by atoms with van der Waals surface area (Å²) in [7, 11) is 2.13. The predicted octanol–water partition coefficient (Wildman–Crippen LogP) is 0.607. The highest BCUT2D eigenvalue weighted by atomic mass is 15.2.